The molecule has 0 radical (unpaired) electrons. The quantitative estimate of drug-likeness (QED) is 0.672. The molecule has 2 heterocycles. The molecule has 0 bridgehead atoms. The van der Waals surface area contributed by atoms with E-state index in [1.165, 1.54) is 29.7 Å². The first-order valence-corrected chi connectivity index (χ1v) is 6.78. The first kappa shape index (κ1) is 10.2. The summed E-state index contributed by atoms with van der Waals surface area (Å²) in [5.41, 5.74) is 6.01. The Morgan fingerprint density at radius 2 is 1.56 bits per heavy atom. The van der Waals surface area contributed by atoms with Crippen molar-refractivity contribution in [3.8, 4) is 0 Å². The molecule has 4 rings (SSSR count). The van der Waals surface area contributed by atoms with Crippen molar-refractivity contribution in [3.05, 3.63) is 65.2 Å². The van der Waals surface area contributed by atoms with Gasteiger partial charge in [0.1, 0.15) is 0 Å². The van der Waals surface area contributed by atoms with E-state index in [0.29, 0.717) is 12.1 Å². The lowest BCUT2D eigenvalue weighted by molar-refractivity contribution is 0.522. The van der Waals surface area contributed by atoms with Crippen LogP contribution in [0.15, 0.2) is 48.5 Å². The fourth-order valence-corrected chi connectivity index (χ4v) is 3.71. The Hall–Kier alpha value is -1.76. The van der Waals surface area contributed by atoms with Gasteiger partial charge in [-0.25, -0.2) is 0 Å². The van der Waals surface area contributed by atoms with Gasteiger partial charge >= 0.3 is 0 Å². The predicted molar refractivity (Wildman–Crippen MR) is 75.0 cm³/mol. The molecule has 90 valence electrons. The van der Waals surface area contributed by atoms with E-state index >= 15 is 0 Å². The van der Waals surface area contributed by atoms with Crippen LogP contribution in [0.5, 0.6) is 0 Å². The van der Waals surface area contributed by atoms with Crippen molar-refractivity contribution in [2.75, 3.05) is 4.90 Å². The molecule has 2 atom stereocenters. The fraction of sp³-hybridized carbons (Fsp3) is 0.294. The number of hydrogen-bond donors (Lipinski definition) is 0. The van der Waals surface area contributed by atoms with E-state index in [1.54, 1.807) is 5.56 Å². The van der Waals surface area contributed by atoms with Gasteiger partial charge in [-0.15, -0.1) is 0 Å². The molecule has 0 amide bonds. The number of hydrogen-bond acceptors (Lipinski definition) is 1. The van der Waals surface area contributed by atoms with Gasteiger partial charge < -0.3 is 4.90 Å². The minimum Gasteiger partial charge on any atom is -0.361 e. The van der Waals surface area contributed by atoms with Crippen molar-refractivity contribution in [1.29, 1.82) is 0 Å². The lowest BCUT2D eigenvalue weighted by Crippen LogP contribution is -2.40. The predicted octanol–water partition coefficient (Wildman–Crippen LogP) is 3.74. The largest absolute Gasteiger partial charge is 0.361 e. The van der Waals surface area contributed by atoms with Crippen LogP contribution < -0.4 is 4.90 Å². The number of rotatable bonds is 0. The van der Waals surface area contributed by atoms with Gasteiger partial charge in [0.05, 0.1) is 6.04 Å². The Morgan fingerprint density at radius 1 is 0.889 bits per heavy atom. The summed E-state index contributed by atoms with van der Waals surface area (Å²) in [7, 11) is 0. The van der Waals surface area contributed by atoms with E-state index in [4.69, 9.17) is 0 Å². The molecule has 0 spiro atoms. The molecule has 0 saturated heterocycles. The van der Waals surface area contributed by atoms with E-state index < -0.39 is 0 Å². The molecule has 1 heteroatoms. The van der Waals surface area contributed by atoms with E-state index in [2.05, 4.69) is 60.4 Å². The molecule has 18 heavy (non-hydrogen) atoms. The summed E-state index contributed by atoms with van der Waals surface area (Å²) in [6.45, 7) is 2.34. The summed E-state index contributed by atoms with van der Waals surface area (Å²) >= 11 is 0. The SMILES string of the molecule is CC1c2ccccc2CC2Cc3ccccc3N21. The number of anilines is 1. The molecule has 0 aromatic heterocycles. The van der Waals surface area contributed by atoms with Gasteiger partial charge in [0.2, 0.25) is 0 Å². The van der Waals surface area contributed by atoms with Crippen LogP contribution in [0.2, 0.25) is 0 Å². The normalized spacial score (nSPS) is 24.4. The van der Waals surface area contributed by atoms with Crippen molar-refractivity contribution in [2.24, 2.45) is 0 Å². The van der Waals surface area contributed by atoms with Gasteiger partial charge in [0.15, 0.2) is 0 Å². The van der Waals surface area contributed by atoms with Crippen LogP contribution in [0.1, 0.15) is 29.7 Å². The standard InChI is InChI=1S/C17H17N/c1-12-16-8-4-2-6-13(16)10-15-11-14-7-3-5-9-17(14)18(12)15/h2-9,12,15H,10-11H2,1H3. The highest BCUT2D eigenvalue weighted by Crippen LogP contribution is 2.43. The minimum atomic E-state index is 0.503. The van der Waals surface area contributed by atoms with Crippen LogP contribution in [-0.2, 0) is 12.8 Å². The van der Waals surface area contributed by atoms with Crippen LogP contribution in [0.25, 0.3) is 0 Å². The number of fused-ring (bicyclic) bond motifs is 4. The van der Waals surface area contributed by atoms with Gasteiger partial charge in [-0.2, -0.15) is 0 Å². The molecule has 2 aliphatic rings. The lowest BCUT2D eigenvalue weighted by atomic mass is 9.89. The highest BCUT2D eigenvalue weighted by Gasteiger charge is 2.37. The third-order valence-electron chi connectivity index (χ3n) is 4.50. The summed E-state index contributed by atoms with van der Waals surface area (Å²) in [5.74, 6) is 0. The summed E-state index contributed by atoms with van der Waals surface area (Å²) in [5, 5.41) is 0. The van der Waals surface area contributed by atoms with Crippen molar-refractivity contribution >= 4 is 5.69 Å². The average molecular weight is 235 g/mol. The van der Waals surface area contributed by atoms with Gasteiger partial charge in [0, 0.05) is 11.7 Å². The molecule has 0 fully saturated rings. The zero-order valence-electron chi connectivity index (χ0n) is 10.6. The molecular weight excluding hydrogens is 218 g/mol. The van der Waals surface area contributed by atoms with Gasteiger partial charge in [-0.3, -0.25) is 0 Å². The third-order valence-corrected chi connectivity index (χ3v) is 4.50. The first-order valence-electron chi connectivity index (χ1n) is 6.78. The van der Waals surface area contributed by atoms with E-state index in [9.17, 15) is 0 Å². The van der Waals surface area contributed by atoms with Crippen molar-refractivity contribution < 1.29 is 0 Å². The number of para-hydroxylation sites is 1. The Kier molecular flexibility index (Phi) is 2.05. The van der Waals surface area contributed by atoms with Gasteiger partial charge in [0.25, 0.3) is 0 Å². The first-order chi connectivity index (χ1) is 8.84. The maximum atomic E-state index is 2.62. The molecule has 2 aliphatic heterocycles. The maximum absolute atomic E-state index is 2.62. The summed E-state index contributed by atoms with van der Waals surface area (Å²) in [4.78, 5) is 2.62. The van der Waals surface area contributed by atoms with E-state index in [1.807, 2.05) is 0 Å². The zero-order chi connectivity index (χ0) is 12.1. The van der Waals surface area contributed by atoms with Crippen molar-refractivity contribution in [2.45, 2.75) is 31.8 Å². The van der Waals surface area contributed by atoms with Gasteiger partial charge in [-0.1, -0.05) is 42.5 Å². The van der Waals surface area contributed by atoms with Crippen LogP contribution in [-0.4, -0.2) is 6.04 Å². The maximum Gasteiger partial charge on any atom is 0.0520 e. The number of benzene rings is 2. The Morgan fingerprint density at radius 3 is 2.44 bits per heavy atom. The zero-order valence-corrected chi connectivity index (χ0v) is 10.6. The molecule has 0 aliphatic carbocycles. The highest BCUT2D eigenvalue weighted by molar-refractivity contribution is 5.63. The summed E-state index contributed by atoms with van der Waals surface area (Å²) in [6, 6.07) is 19.0. The topological polar surface area (TPSA) is 3.24 Å². The molecule has 1 nitrogen and oxygen atoms in total. The lowest BCUT2D eigenvalue weighted by Gasteiger charge is -2.39. The third kappa shape index (κ3) is 1.28. The second-order valence-electron chi connectivity index (χ2n) is 5.47. The van der Waals surface area contributed by atoms with Crippen LogP contribution in [0.3, 0.4) is 0 Å². The Labute approximate surface area is 108 Å². The molecule has 2 aromatic carbocycles. The molecular formula is C17H17N. The molecule has 2 aromatic rings. The smallest absolute Gasteiger partial charge is 0.0520 e. The molecule has 0 N–H and O–H groups in total. The van der Waals surface area contributed by atoms with Crippen LogP contribution >= 0.6 is 0 Å². The van der Waals surface area contributed by atoms with Crippen molar-refractivity contribution in [3.63, 3.8) is 0 Å². The van der Waals surface area contributed by atoms with E-state index in [0.717, 1.165) is 0 Å². The highest BCUT2D eigenvalue weighted by atomic mass is 15.2. The monoisotopic (exact) mass is 235 g/mol. The van der Waals surface area contributed by atoms with E-state index in [-0.39, 0.29) is 0 Å². The molecule has 2 unspecified atom stereocenters. The minimum absolute atomic E-state index is 0.503. The van der Waals surface area contributed by atoms with Crippen LogP contribution in [0.4, 0.5) is 5.69 Å². The molecule has 0 saturated carbocycles. The van der Waals surface area contributed by atoms with Gasteiger partial charge in [-0.05, 0) is 42.5 Å². The van der Waals surface area contributed by atoms with Crippen LogP contribution in [0, 0.1) is 0 Å². The summed E-state index contributed by atoms with van der Waals surface area (Å²) < 4.78 is 0. The second-order valence-corrected chi connectivity index (χ2v) is 5.47. The number of nitrogens with zero attached hydrogens (tertiary/aromatic N) is 1. The average Bonchev–Trinajstić information content (AvgIpc) is 2.77. The second kappa shape index (κ2) is 3.61. The Bertz CT molecular complexity index is 602. The fourth-order valence-electron chi connectivity index (χ4n) is 3.71. The van der Waals surface area contributed by atoms with Crippen molar-refractivity contribution in [1.82, 2.24) is 0 Å². The Balaban J connectivity index is 1.85. The summed E-state index contributed by atoms with van der Waals surface area (Å²) in [6.07, 6.45) is 2.39.